The summed E-state index contributed by atoms with van der Waals surface area (Å²) < 4.78 is 23.4. The molecular weight excluding hydrogens is 996 g/mol. The van der Waals surface area contributed by atoms with Gasteiger partial charge in [-0.2, -0.15) is 0 Å². The number of unbranched alkanes of at least 4 members (excludes halogenated alkanes) is 36. The Morgan fingerprint density at radius 2 is 0.785 bits per heavy atom. The molecule has 3 unspecified atom stereocenters. The Hall–Kier alpha value is -2.32. The Kier molecular flexibility index (Phi) is 58.5. The van der Waals surface area contributed by atoms with Gasteiger partial charge < -0.3 is 28.8 Å². The van der Waals surface area contributed by atoms with E-state index in [0.717, 1.165) is 70.6 Å². The third kappa shape index (κ3) is 63.1. The predicted molar refractivity (Wildman–Crippen MR) is 343 cm³/mol. The van der Waals surface area contributed by atoms with Crippen molar-refractivity contribution in [1.29, 1.82) is 0 Å². The first-order chi connectivity index (χ1) is 38.5. The van der Waals surface area contributed by atoms with Crippen LogP contribution in [-0.2, 0) is 18.4 Å². The molecule has 0 spiro atoms. The first kappa shape index (κ1) is 76.7. The van der Waals surface area contributed by atoms with Crippen LogP contribution in [0.5, 0.6) is 0 Å². The molecule has 0 aliphatic carbocycles. The minimum atomic E-state index is -4.61. The molecule has 0 rings (SSSR count). The van der Waals surface area contributed by atoms with Crippen molar-refractivity contribution in [3.63, 3.8) is 0 Å². The Balaban J connectivity index is 3.98. The molecule has 2 N–H and O–H groups in total. The summed E-state index contributed by atoms with van der Waals surface area (Å²) in [6.07, 6.45) is 85.6. The van der Waals surface area contributed by atoms with Crippen LogP contribution in [0, 0.1) is 0 Å². The topological polar surface area (TPSA) is 108 Å². The van der Waals surface area contributed by atoms with Crippen molar-refractivity contribution in [1.82, 2.24) is 5.32 Å². The van der Waals surface area contributed by atoms with E-state index in [1.807, 2.05) is 27.2 Å². The zero-order valence-corrected chi connectivity index (χ0v) is 53.5. The fourth-order valence-corrected chi connectivity index (χ4v) is 10.4. The average molecular weight is 1130 g/mol. The highest BCUT2D eigenvalue weighted by Crippen LogP contribution is 2.38. The van der Waals surface area contributed by atoms with Crippen LogP contribution in [0.25, 0.3) is 0 Å². The summed E-state index contributed by atoms with van der Waals surface area (Å²) in [6.45, 7) is 4.54. The van der Waals surface area contributed by atoms with Crippen molar-refractivity contribution in [3.8, 4) is 0 Å². The molecular formula is C70H129N2O6P. The number of quaternary nitrogens is 1. The quantitative estimate of drug-likeness (QED) is 0.0272. The molecule has 1 amide bonds. The summed E-state index contributed by atoms with van der Waals surface area (Å²) in [5.74, 6) is -0.204. The highest BCUT2D eigenvalue weighted by Gasteiger charge is 2.23. The van der Waals surface area contributed by atoms with Crippen LogP contribution >= 0.6 is 7.82 Å². The molecule has 79 heavy (non-hydrogen) atoms. The third-order valence-electron chi connectivity index (χ3n) is 14.8. The number of aliphatic hydroxyl groups excluding tert-OH is 1. The van der Waals surface area contributed by atoms with Gasteiger partial charge in [-0.3, -0.25) is 9.36 Å². The van der Waals surface area contributed by atoms with Gasteiger partial charge in [0.25, 0.3) is 7.82 Å². The van der Waals surface area contributed by atoms with Gasteiger partial charge in [-0.05, 0) is 77.0 Å². The van der Waals surface area contributed by atoms with Crippen molar-refractivity contribution in [2.75, 3.05) is 40.9 Å². The molecule has 0 saturated heterocycles. The molecule has 0 heterocycles. The van der Waals surface area contributed by atoms with Crippen LogP contribution in [0.1, 0.15) is 303 Å². The molecule has 3 atom stereocenters. The van der Waals surface area contributed by atoms with E-state index in [0.29, 0.717) is 17.4 Å². The monoisotopic (exact) mass is 1120 g/mol. The number of phosphoric acid groups is 1. The predicted octanol–water partition coefficient (Wildman–Crippen LogP) is 20.5. The van der Waals surface area contributed by atoms with Gasteiger partial charge in [-0.25, -0.2) is 0 Å². The fraction of sp³-hybridized carbons (Fsp3) is 0.786. The third-order valence-corrected chi connectivity index (χ3v) is 15.8. The van der Waals surface area contributed by atoms with Crippen LogP contribution in [0.15, 0.2) is 85.1 Å². The number of allylic oxidation sites excluding steroid dienone is 13. The largest absolute Gasteiger partial charge is 0.756 e. The molecule has 0 aromatic heterocycles. The number of carbonyl (C=O) groups is 1. The molecule has 0 saturated carbocycles. The standard InChI is InChI=1S/C70H129N2O6P/c1-6-8-10-12-14-16-18-20-22-24-26-27-28-29-30-31-32-33-34-35-36-37-38-39-40-41-42-43-44-45-46-48-50-52-54-56-58-60-62-64-70(74)71-68(67-78-79(75,76)77-66-65-72(3,4)5)69(73)63-61-59-57-55-53-51-49-47-25-23-21-19-17-15-13-11-9-7-2/h8,10,14,16,20,22,26-27,29-30,53,55,61,63,68-69,73H,6-7,9,11-13,15,17-19,21,23-25,28,31-52,54,56-60,62,64-67H2,1-5H3,(H-,71,74,75,76)/b10-8-,16-14-,22-20-,27-26-,30-29-,55-53+,63-61+. The summed E-state index contributed by atoms with van der Waals surface area (Å²) in [5.41, 5.74) is 0. The normalized spacial score (nSPS) is 14.3. The molecule has 460 valence electrons. The number of amides is 1. The number of hydrogen-bond acceptors (Lipinski definition) is 6. The summed E-state index contributed by atoms with van der Waals surface area (Å²) >= 11 is 0. The number of nitrogens with one attached hydrogen (secondary N) is 1. The van der Waals surface area contributed by atoms with Gasteiger partial charge in [0.1, 0.15) is 13.2 Å². The first-order valence-corrected chi connectivity index (χ1v) is 34.9. The van der Waals surface area contributed by atoms with Gasteiger partial charge in [0.15, 0.2) is 0 Å². The number of carbonyl (C=O) groups excluding carboxylic acids is 1. The van der Waals surface area contributed by atoms with E-state index in [9.17, 15) is 19.4 Å². The Bertz CT molecular complexity index is 1560. The average Bonchev–Trinajstić information content (AvgIpc) is 3.42. The van der Waals surface area contributed by atoms with E-state index >= 15 is 0 Å². The van der Waals surface area contributed by atoms with Gasteiger partial charge in [0.05, 0.1) is 39.9 Å². The lowest BCUT2D eigenvalue weighted by Crippen LogP contribution is -2.45. The maximum absolute atomic E-state index is 13.0. The summed E-state index contributed by atoms with van der Waals surface area (Å²) in [6, 6.07) is -0.905. The highest BCUT2D eigenvalue weighted by molar-refractivity contribution is 7.45. The van der Waals surface area contributed by atoms with E-state index in [-0.39, 0.29) is 12.5 Å². The minimum Gasteiger partial charge on any atom is -0.756 e. The lowest BCUT2D eigenvalue weighted by atomic mass is 10.0. The van der Waals surface area contributed by atoms with Gasteiger partial charge in [0, 0.05) is 6.42 Å². The van der Waals surface area contributed by atoms with Crippen molar-refractivity contribution in [3.05, 3.63) is 85.1 Å². The molecule has 0 radical (unpaired) electrons. The zero-order valence-electron chi connectivity index (χ0n) is 52.6. The lowest BCUT2D eigenvalue weighted by Gasteiger charge is -2.29. The highest BCUT2D eigenvalue weighted by atomic mass is 31.2. The molecule has 0 aromatic carbocycles. The van der Waals surface area contributed by atoms with E-state index in [1.165, 1.54) is 212 Å². The SMILES string of the molecule is CC/C=C\C/C=C\C/C=C\C/C=C\C/C=C\CCCCCCCCCCCCCCCCCCCCCCCCCC(=O)NC(COP(=O)([O-])OCC[N+](C)(C)C)C(O)/C=C/CC/C=C/CCCCCCCCCCCCCC. The van der Waals surface area contributed by atoms with Gasteiger partial charge in [-0.1, -0.05) is 304 Å². The molecule has 0 fully saturated rings. The van der Waals surface area contributed by atoms with Crippen LogP contribution in [-0.4, -0.2) is 68.5 Å². The smallest absolute Gasteiger partial charge is 0.268 e. The second-order valence-corrected chi connectivity index (χ2v) is 25.2. The molecule has 9 heteroatoms. The summed E-state index contributed by atoms with van der Waals surface area (Å²) in [4.78, 5) is 25.6. The molecule has 0 aromatic rings. The van der Waals surface area contributed by atoms with Crippen molar-refractivity contribution >= 4 is 13.7 Å². The summed E-state index contributed by atoms with van der Waals surface area (Å²) in [7, 11) is 1.25. The molecule has 0 bridgehead atoms. The van der Waals surface area contributed by atoms with Gasteiger partial charge >= 0.3 is 0 Å². The fourth-order valence-electron chi connectivity index (χ4n) is 9.67. The van der Waals surface area contributed by atoms with Crippen molar-refractivity contribution in [2.45, 2.75) is 315 Å². The lowest BCUT2D eigenvalue weighted by molar-refractivity contribution is -0.870. The number of rotatable bonds is 61. The maximum Gasteiger partial charge on any atom is 0.268 e. The Morgan fingerprint density at radius 1 is 0.456 bits per heavy atom. The van der Waals surface area contributed by atoms with Crippen LogP contribution in [0.4, 0.5) is 0 Å². The maximum atomic E-state index is 13.0. The molecule has 0 aliphatic rings. The first-order valence-electron chi connectivity index (χ1n) is 33.4. The number of nitrogens with zero attached hydrogens (tertiary/aromatic N) is 1. The minimum absolute atomic E-state index is 0.00675. The van der Waals surface area contributed by atoms with Crippen molar-refractivity contribution < 1.29 is 32.9 Å². The van der Waals surface area contributed by atoms with E-state index in [2.05, 4.69) is 92.1 Å². The van der Waals surface area contributed by atoms with Gasteiger partial charge in [-0.15, -0.1) is 0 Å². The number of hydrogen-bond donors (Lipinski definition) is 2. The second-order valence-electron chi connectivity index (χ2n) is 23.8. The number of aliphatic hydroxyl groups is 1. The molecule has 8 nitrogen and oxygen atoms in total. The van der Waals surface area contributed by atoms with E-state index in [1.54, 1.807) is 6.08 Å². The van der Waals surface area contributed by atoms with E-state index < -0.39 is 26.6 Å². The van der Waals surface area contributed by atoms with Crippen LogP contribution in [0.2, 0.25) is 0 Å². The summed E-state index contributed by atoms with van der Waals surface area (Å²) in [5, 5.41) is 13.9. The second kappa shape index (κ2) is 60.3. The number of phosphoric ester groups is 1. The zero-order chi connectivity index (χ0) is 57.7. The van der Waals surface area contributed by atoms with Crippen LogP contribution < -0.4 is 10.2 Å². The van der Waals surface area contributed by atoms with Crippen LogP contribution in [0.3, 0.4) is 0 Å². The van der Waals surface area contributed by atoms with Gasteiger partial charge in [0.2, 0.25) is 5.91 Å². The Morgan fingerprint density at radius 3 is 1.18 bits per heavy atom. The molecule has 0 aliphatic heterocycles. The number of likely N-dealkylation sites (N-methyl/N-ethyl adjacent to an activating group) is 1. The van der Waals surface area contributed by atoms with E-state index in [4.69, 9.17) is 9.05 Å². The Labute approximate surface area is 490 Å². The van der Waals surface area contributed by atoms with Crippen molar-refractivity contribution in [2.24, 2.45) is 0 Å².